The zero-order valence-corrected chi connectivity index (χ0v) is 9.66. The second kappa shape index (κ2) is 7.42. The molecular weight excluding hydrogens is 141 g/mol. The van der Waals surface area contributed by atoms with Crippen LogP contribution in [0.1, 0.15) is 20.8 Å². The number of rotatable bonds is 3. The van der Waals surface area contributed by atoms with Gasteiger partial charge >= 0.3 is 29.6 Å². The van der Waals surface area contributed by atoms with Crippen molar-refractivity contribution in [2.45, 2.75) is 26.1 Å². The molecular formula is C6H14NNaS. The summed E-state index contributed by atoms with van der Waals surface area (Å²) in [5.74, 6) is 0. The molecule has 0 aromatic rings. The third-order valence-corrected chi connectivity index (χ3v) is 1.62. The first kappa shape index (κ1) is 12.9. The number of hydrogen-bond donors (Lipinski definition) is 0. The molecule has 0 aliphatic heterocycles. The Bertz CT molecular complexity index is 55.0. The van der Waals surface area contributed by atoms with E-state index in [1.807, 2.05) is 6.92 Å². The molecule has 0 saturated carbocycles. The van der Waals surface area contributed by atoms with Gasteiger partial charge in [0.1, 0.15) is 0 Å². The number of nitrogens with zero attached hydrogens (tertiary/aromatic N) is 1. The maximum absolute atomic E-state index is 5.02. The van der Waals surface area contributed by atoms with Crippen molar-refractivity contribution in [3.05, 3.63) is 0 Å². The molecule has 1 unspecified atom stereocenters. The normalized spacial score (nSPS) is 13.0. The first-order valence-electron chi connectivity index (χ1n) is 3.12. The van der Waals surface area contributed by atoms with Crippen molar-refractivity contribution in [3.63, 3.8) is 0 Å². The Morgan fingerprint density at radius 1 is 1.33 bits per heavy atom. The maximum atomic E-state index is 5.02. The summed E-state index contributed by atoms with van der Waals surface area (Å²) in [6.45, 7) is 8.45. The molecule has 9 heavy (non-hydrogen) atoms. The smallest absolute Gasteiger partial charge is 0.774 e. The Balaban J connectivity index is 0. The molecule has 1 atom stereocenters. The minimum atomic E-state index is 0. The zero-order valence-electron chi connectivity index (χ0n) is 6.85. The fourth-order valence-corrected chi connectivity index (χ4v) is 1.04. The Morgan fingerprint density at radius 2 is 1.67 bits per heavy atom. The van der Waals surface area contributed by atoms with Crippen LogP contribution < -0.4 is 29.6 Å². The molecule has 0 aliphatic rings. The van der Waals surface area contributed by atoms with E-state index in [0.29, 0.717) is 5.37 Å². The summed E-state index contributed by atoms with van der Waals surface area (Å²) in [6.07, 6.45) is 0. The molecule has 0 heterocycles. The van der Waals surface area contributed by atoms with Crippen LogP contribution in [-0.2, 0) is 12.6 Å². The van der Waals surface area contributed by atoms with Crippen molar-refractivity contribution >= 4 is 12.6 Å². The van der Waals surface area contributed by atoms with Crippen molar-refractivity contribution in [2.75, 3.05) is 13.1 Å². The molecule has 1 nitrogen and oxygen atoms in total. The molecule has 50 valence electrons. The quantitative estimate of drug-likeness (QED) is 0.350. The van der Waals surface area contributed by atoms with E-state index in [1.54, 1.807) is 0 Å². The van der Waals surface area contributed by atoms with Gasteiger partial charge in [-0.1, -0.05) is 20.8 Å². The molecule has 0 spiro atoms. The van der Waals surface area contributed by atoms with Crippen LogP contribution in [0.5, 0.6) is 0 Å². The van der Waals surface area contributed by atoms with Crippen LogP contribution in [0.2, 0.25) is 0 Å². The molecule has 0 fully saturated rings. The van der Waals surface area contributed by atoms with Gasteiger partial charge in [-0.05, 0) is 13.1 Å². The molecule has 3 heteroatoms. The molecule has 0 N–H and O–H groups in total. The largest absolute Gasteiger partial charge is 1.00 e. The summed E-state index contributed by atoms with van der Waals surface area (Å²) in [7, 11) is 0. The molecule has 0 rings (SSSR count). The Labute approximate surface area is 85.9 Å². The summed E-state index contributed by atoms with van der Waals surface area (Å²) in [4.78, 5) is 2.23. The van der Waals surface area contributed by atoms with Crippen molar-refractivity contribution in [3.8, 4) is 0 Å². The van der Waals surface area contributed by atoms with E-state index in [1.165, 1.54) is 0 Å². The van der Waals surface area contributed by atoms with E-state index in [4.69, 9.17) is 12.6 Å². The standard InChI is InChI=1S/C6H15NS.Na/c1-4-7(5-2)6(3)8;/h6,8H,4-5H2,1-3H3;/q;+1/p-1. The van der Waals surface area contributed by atoms with Gasteiger partial charge in [-0.15, -0.1) is 5.37 Å². The van der Waals surface area contributed by atoms with Gasteiger partial charge in [0.05, 0.1) is 0 Å². The second-order valence-corrected chi connectivity index (χ2v) is 2.50. The molecule has 0 saturated heterocycles. The predicted octanol–water partition coefficient (Wildman–Crippen LogP) is -1.77. The summed E-state index contributed by atoms with van der Waals surface area (Å²) in [5.41, 5.74) is 0. The average Bonchev–Trinajstić information content (AvgIpc) is 1.69. The van der Waals surface area contributed by atoms with Crippen LogP contribution in [0.3, 0.4) is 0 Å². The summed E-state index contributed by atoms with van der Waals surface area (Å²) >= 11 is 5.02. The van der Waals surface area contributed by atoms with Crippen LogP contribution in [0, 0.1) is 0 Å². The fraction of sp³-hybridized carbons (Fsp3) is 1.00. The van der Waals surface area contributed by atoms with Crippen LogP contribution >= 0.6 is 0 Å². The SMILES string of the molecule is CCN(CC)C(C)[S-].[Na+]. The summed E-state index contributed by atoms with van der Waals surface area (Å²) < 4.78 is 0. The third-order valence-electron chi connectivity index (χ3n) is 1.33. The molecule has 0 aromatic heterocycles. The first-order chi connectivity index (χ1) is 3.72. The number of hydrogen-bond acceptors (Lipinski definition) is 2. The van der Waals surface area contributed by atoms with E-state index < -0.39 is 0 Å². The fourth-order valence-electron chi connectivity index (χ4n) is 0.738. The van der Waals surface area contributed by atoms with Gasteiger partial charge in [-0.3, -0.25) is 0 Å². The van der Waals surface area contributed by atoms with Gasteiger partial charge in [0.2, 0.25) is 0 Å². The molecule has 0 aliphatic carbocycles. The van der Waals surface area contributed by atoms with Gasteiger partial charge in [-0.2, -0.15) is 0 Å². The van der Waals surface area contributed by atoms with E-state index in [-0.39, 0.29) is 29.6 Å². The zero-order chi connectivity index (χ0) is 6.57. The van der Waals surface area contributed by atoms with Crippen molar-refractivity contribution < 1.29 is 29.6 Å². The topological polar surface area (TPSA) is 3.24 Å². The van der Waals surface area contributed by atoms with Gasteiger partial charge in [0.25, 0.3) is 0 Å². The molecule has 0 bridgehead atoms. The van der Waals surface area contributed by atoms with Crippen molar-refractivity contribution in [1.82, 2.24) is 4.90 Å². The molecule has 0 radical (unpaired) electrons. The second-order valence-electron chi connectivity index (χ2n) is 1.82. The minimum absolute atomic E-state index is 0. The Hall–Kier alpha value is 1.31. The van der Waals surface area contributed by atoms with Gasteiger partial charge in [0, 0.05) is 0 Å². The predicted molar refractivity (Wildman–Crippen MR) is 39.7 cm³/mol. The van der Waals surface area contributed by atoms with E-state index in [2.05, 4.69) is 18.7 Å². The van der Waals surface area contributed by atoms with Gasteiger partial charge in [-0.25, -0.2) is 0 Å². The maximum Gasteiger partial charge on any atom is 1.00 e. The van der Waals surface area contributed by atoms with E-state index in [9.17, 15) is 0 Å². The first-order valence-corrected chi connectivity index (χ1v) is 3.59. The average molecular weight is 155 g/mol. The van der Waals surface area contributed by atoms with Crippen LogP contribution in [0.15, 0.2) is 0 Å². The summed E-state index contributed by atoms with van der Waals surface area (Å²) in [5, 5.41) is 0.296. The third kappa shape index (κ3) is 5.74. The van der Waals surface area contributed by atoms with Crippen LogP contribution in [0.4, 0.5) is 0 Å². The van der Waals surface area contributed by atoms with E-state index in [0.717, 1.165) is 13.1 Å². The van der Waals surface area contributed by atoms with E-state index >= 15 is 0 Å². The van der Waals surface area contributed by atoms with Crippen molar-refractivity contribution in [1.29, 1.82) is 0 Å². The van der Waals surface area contributed by atoms with Crippen LogP contribution in [-0.4, -0.2) is 23.4 Å². The van der Waals surface area contributed by atoms with Crippen LogP contribution in [0.25, 0.3) is 0 Å². The minimum Gasteiger partial charge on any atom is -0.774 e. The van der Waals surface area contributed by atoms with Gasteiger partial charge < -0.3 is 17.5 Å². The van der Waals surface area contributed by atoms with Gasteiger partial charge in [0.15, 0.2) is 0 Å². The van der Waals surface area contributed by atoms with Crippen molar-refractivity contribution in [2.24, 2.45) is 0 Å². The Morgan fingerprint density at radius 3 is 1.67 bits per heavy atom. The Kier molecular flexibility index (Phi) is 10.7. The molecule has 0 aromatic carbocycles. The monoisotopic (exact) mass is 155 g/mol. The molecule has 0 amide bonds. The summed E-state index contributed by atoms with van der Waals surface area (Å²) in [6, 6.07) is 0.